The molecule has 0 spiro atoms. The van der Waals surface area contributed by atoms with E-state index >= 15 is 0 Å². The molecule has 2 atom stereocenters. The van der Waals surface area contributed by atoms with Crippen molar-refractivity contribution in [3.8, 4) is 0 Å². The maximum Gasteiger partial charge on any atom is 0.319 e. The predicted molar refractivity (Wildman–Crippen MR) is 85.8 cm³/mol. The van der Waals surface area contributed by atoms with Crippen LogP contribution in [0.15, 0.2) is 17.0 Å². The van der Waals surface area contributed by atoms with Crippen LogP contribution >= 0.6 is 11.8 Å². The molecule has 4 nitrogen and oxygen atoms in total. The van der Waals surface area contributed by atoms with Crippen LogP contribution in [0.2, 0.25) is 0 Å². The highest BCUT2D eigenvalue weighted by molar-refractivity contribution is 7.98. The minimum atomic E-state index is -0.673. The van der Waals surface area contributed by atoms with E-state index in [9.17, 15) is 13.6 Å². The first-order valence-electron chi connectivity index (χ1n) is 7.79. The monoisotopic (exact) mass is 342 g/mol. The van der Waals surface area contributed by atoms with Gasteiger partial charge in [-0.2, -0.15) is 0 Å². The number of nitrogens with one attached hydrogen (secondary N) is 2. The first-order chi connectivity index (χ1) is 11.1. The molecule has 1 aliphatic carbocycles. The van der Waals surface area contributed by atoms with Crippen molar-refractivity contribution in [2.75, 3.05) is 18.2 Å². The minimum absolute atomic E-state index is 0.0366. The highest BCUT2D eigenvalue weighted by Crippen LogP contribution is 2.38. The molecule has 1 saturated heterocycles. The largest absolute Gasteiger partial charge is 0.378 e. The number of rotatable bonds is 4. The average Bonchev–Trinajstić information content (AvgIpc) is 3.31. The second-order valence-electron chi connectivity index (χ2n) is 6.04. The molecule has 126 valence electrons. The summed E-state index contributed by atoms with van der Waals surface area (Å²) in [5.74, 6) is -0.717. The number of halogens is 2. The summed E-state index contributed by atoms with van der Waals surface area (Å²) < 4.78 is 33.2. The number of anilines is 1. The maximum atomic E-state index is 13.7. The van der Waals surface area contributed by atoms with Gasteiger partial charge in [0.05, 0.1) is 11.0 Å². The van der Waals surface area contributed by atoms with E-state index in [-0.39, 0.29) is 22.7 Å². The maximum absolute atomic E-state index is 13.7. The number of carbonyl (C=O) groups excluding carboxylic acids is 1. The Hall–Kier alpha value is -1.34. The Morgan fingerprint density at radius 3 is 2.57 bits per heavy atom. The normalized spacial score (nSPS) is 24.3. The summed E-state index contributed by atoms with van der Waals surface area (Å²) in [5, 5.41) is 5.37. The SMILES string of the molecule is CSc1c(F)cc(NC(=O)N[C@H]2CCO[C@@H](C3CC3)C2)cc1F. The summed E-state index contributed by atoms with van der Waals surface area (Å²) in [7, 11) is 0. The zero-order valence-electron chi connectivity index (χ0n) is 12.9. The molecule has 0 unspecified atom stereocenters. The van der Waals surface area contributed by atoms with Crippen LogP contribution in [-0.4, -0.2) is 31.0 Å². The van der Waals surface area contributed by atoms with Gasteiger partial charge in [-0.15, -0.1) is 11.8 Å². The van der Waals surface area contributed by atoms with Gasteiger partial charge in [-0.3, -0.25) is 0 Å². The molecular weight excluding hydrogens is 322 g/mol. The van der Waals surface area contributed by atoms with Crippen molar-refractivity contribution in [3.63, 3.8) is 0 Å². The van der Waals surface area contributed by atoms with E-state index in [4.69, 9.17) is 4.74 Å². The van der Waals surface area contributed by atoms with Crippen LogP contribution in [0.4, 0.5) is 19.3 Å². The van der Waals surface area contributed by atoms with Crippen LogP contribution in [0.5, 0.6) is 0 Å². The second-order valence-corrected chi connectivity index (χ2v) is 6.86. The summed E-state index contributed by atoms with van der Waals surface area (Å²) in [4.78, 5) is 12.0. The van der Waals surface area contributed by atoms with Crippen molar-refractivity contribution < 1.29 is 18.3 Å². The molecule has 7 heteroatoms. The summed E-state index contributed by atoms with van der Waals surface area (Å²) >= 11 is 0.995. The Balaban J connectivity index is 1.56. The van der Waals surface area contributed by atoms with Crippen molar-refractivity contribution in [1.29, 1.82) is 0 Å². The third-order valence-electron chi connectivity index (χ3n) is 4.26. The standard InChI is InChI=1S/C16H20F2N2O2S/c1-23-15-12(17)6-11(7-13(15)18)20-16(21)19-10-4-5-22-14(8-10)9-2-3-9/h6-7,9-10,14H,2-5,8H2,1H3,(H2,19,20,21)/t10-,14+/m0/s1. The third kappa shape index (κ3) is 4.14. The van der Waals surface area contributed by atoms with E-state index < -0.39 is 17.7 Å². The number of thioether (sulfide) groups is 1. The number of hydrogen-bond acceptors (Lipinski definition) is 3. The van der Waals surface area contributed by atoms with Gasteiger partial charge in [0.1, 0.15) is 11.6 Å². The summed E-state index contributed by atoms with van der Waals surface area (Å²) in [5.41, 5.74) is 0.112. The Morgan fingerprint density at radius 2 is 1.96 bits per heavy atom. The van der Waals surface area contributed by atoms with E-state index in [0.717, 1.165) is 36.7 Å². The molecule has 1 aromatic rings. The minimum Gasteiger partial charge on any atom is -0.378 e. The van der Waals surface area contributed by atoms with Gasteiger partial charge < -0.3 is 15.4 Å². The van der Waals surface area contributed by atoms with Crippen molar-refractivity contribution in [2.24, 2.45) is 5.92 Å². The first-order valence-corrected chi connectivity index (χ1v) is 9.01. The summed E-state index contributed by atoms with van der Waals surface area (Å²) in [6.07, 6.45) is 5.78. The smallest absolute Gasteiger partial charge is 0.319 e. The van der Waals surface area contributed by atoms with Gasteiger partial charge in [0, 0.05) is 18.3 Å². The molecule has 1 aliphatic heterocycles. The van der Waals surface area contributed by atoms with E-state index in [2.05, 4.69) is 10.6 Å². The topological polar surface area (TPSA) is 50.4 Å². The highest BCUT2D eigenvalue weighted by Gasteiger charge is 2.36. The fraction of sp³-hybridized carbons (Fsp3) is 0.562. The lowest BCUT2D eigenvalue weighted by Gasteiger charge is -2.30. The number of carbonyl (C=O) groups is 1. The number of amides is 2. The Kier molecular flexibility index (Phi) is 5.06. The molecule has 23 heavy (non-hydrogen) atoms. The van der Waals surface area contributed by atoms with E-state index in [1.165, 1.54) is 12.8 Å². The number of hydrogen-bond donors (Lipinski definition) is 2. The molecule has 1 aromatic carbocycles. The summed E-state index contributed by atoms with van der Waals surface area (Å²) in [6, 6.07) is 1.85. The molecule has 0 radical (unpaired) electrons. The number of benzene rings is 1. The van der Waals surface area contributed by atoms with Gasteiger partial charge >= 0.3 is 6.03 Å². The molecule has 2 N–H and O–H groups in total. The van der Waals surface area contributed by atoms with Crippen molar-refractivity contribution in [3.05, 3.63) is 23.8 Å². The van der Waals surface area contributed by atoms with Crippen LogP contribution in [0.3, 0.4) is 0 Å². The molecule has 1 saturated carbocycles. The van der Waals surface area contributed by atoms with Gasteiger partial charge in [0.15, 0.2) is 0 Å². The highest BCUT2D eigenvalue weighted by atomic mass is 32.2. The predicted octanol–water partition coefficient (Wildman–Crippen LogP) is 3.77. The molecule has 2 amide bonds. The molecule has 0 aromatic heterocycles. The Morgan fingerprint density at radius 1 is 1.26 bits per heavy atom. The third-order valence-corrected chi connectivity index (χ3v) is 5.06. The van der Waals surface area contributed by atoms with Crippen molar-refractivity contribution in [1.82, 2.24) is 5.32 Å². The van der Waals surface area contributed by atoms with Crippen LogP contribution in [0.1, 0.15) is 25.7 Å². The Labute approximate surface area is 138 Å². The van der Waals surface area contributed by atoms with Gasteiger partial charge in [-0.05, 0) is 50.0 Å². The number of urea groups is 1. The van der Waals surface area contributed by atoms with E-state index in [1.54, 1.807) is 6.26 Å². The van der Waals surface area contributed by atoms with Gasteiger partial charge in [0.2, 0.25) is 0 Å². The lowest BCUT2D eigenvalue weighted by atomic mass is 10.0. The van der Waals surface area contributed by atoms with Crippen LogP contribution in [0, 0.1) is 17.6 Å². The molecule has 1 heterocycles. The van der Waals surface area contributed by atoms with Crippen molar-refractivity contribution in [2.45, 2.75) is 42.7 Å². The van der Waals surface area contributed by atoms with Gasteiger partial charge in [-0.25, -0.2) is 13.6 Å². The quantitative estimate of drug-likeness (QED) is 0.819. The zero-order chi connectivity index (χ0) is 16.4. The zero-order valence-corrected chi connectivity index (χ0v) is 13.7. The fourth-order valence-electron chi connectivity index (χ4n) is 2.94. The second kappa shape index (κ2) is 7.05. The number of ether oxygens (including phenoxy) is 1. The molecular formula is C16H20F2N2O2S. The fourth-order valence-corrected chi connectivity index (χ4v) is 3.44. The first kappa shape index (κ1) is 16.5. The molecule has 0 bridgehead atoms. The molecule has 3 rings (SSSR count). The van der Waals surface area contributed by atoms with E-state index in [0.29, 0.717) is 12.5 Å². The van der Waals surface area contributed by atoms with Gasteiger partial charge in [-0.1, -0.05) is 0 Å². The molecule has 2 aliphatic rings. The van der Waals surface area contributed by atoms with E-state index in [1.807, 2.05) is 0 Å². The van der Waals surface area contributed by atoms with Gasteiger partial charge in [0.25, 0.3) is 0 Å². The van der Waals surface area contributed by atoms with Crippen LogP contribution in [0.25, 0.3) is 0 Å². The Bertz CT molecular complexity index is 572. The molecule has 2 fully saturated rings. The summed E-state index contributed by atoms with van der Waals surface area (Å²) in [6.45, 7) is 0.637. The average molecular weight is 342 g/mol. The lowest BCUT2D eigenvalue weighted by Crippen LogP contribution is -2.44. The van der Waals surface area contributed by atoms with Crippen LogP contribution < -0.4 is 10.6 Å². The van der Waals surface area contributed by atoms with Crippen LogP contribution in [-0.2, 0) is 4.74 Å². The lowest BCUT2D eigenvalue weighted by molar-refractivity contribution is -0.00889. The van der Waals surface area contributed by atoms with Crippen molar-refractivity contribution >= 4 is 23.5 Å².